The Kier molecular flexibility index (Phi) is 6.56. The molecule has 30 heavy (non-hydrogen) atoms. The maximum absolute atomic E-state index is 12.8. The van der Waals surface area contributed by atoms with Crippen molar-refractivity contribution in [3.63, 3.8) is 0 Å². The second-order valence-electron chi connectivity index (χ2n) is 7.25. The Balaban J connectivity index is 1.41. The number of hydrogen-bond acceptors (Lipinski definition) is 6. The van der Waals surface area contributed by atoms with Gasteiger partial charge in [0.05, 0.1) is 19.3 Å². The van der Waals surface area contributed by atoms with Gasteiger partial charge in [0, 0.05) is 57.3 Å². The van der Waals surface area contributed by atoms with Gasteiger partial charge >= 0.3 is 0 Å². The summed E-state index contributed by atoms with van der Waals surface area (Å²) in [5.74, 6) is 0.907. The molecular weight excluding hydrogens is 380 g/mol. The van der Waals surface area contributed by atoms with Crippen LogP contribution in [0.2, 0.25) is 0 Å². The highest BCUT2D eigenvalue weighted by Crippen LogP contribution is 2.28. The third kappa shape index (κ3) is 4.60. The minimum absolute atomic E-state index is 0.0995. The summed E-state index contributed by atoms with van der Waals surface area (Å²) in [6.45, 7) is 7.91. The van der Waals surface area contributed by atoms with E-state index in [4.69, 9.17) is 9.72 Å². The van der Waals surface area contributed by atoms with Crippen LogP contribution in [0.3, 0.4) is 0 Å². The maximum atomic E-state index is 12.8. The van der Waals surface area contributed by atoms with Crippen molar-refractivity contribution >= 4 is 17.4 Å². The van der Waals surface area contributed by atoms with Crippen LogP contribution in [0.1, 0.15) is 6.92 Å². The van der Waals surface area contributed by atoms with Crippen molar-refractivity contribution in [1.82, 2.24) is 24.2 Å². The minimum atomic E-state index is 0.0995. The summed E-state index contributed by atoms with van der Waals surface area (Å²) in [5.41, 5.74) is 2.56. The van der Waals surface area contributed by atoms with Gasteiger partial charge in [0.15, 0.2) is 5.65 Å². The van der Waals surface area contributed by atoms with Gasteiger partial charge in [-0.05, 0) is 6.92 Å². The van der Waals surface area contributed by atoms with Gasteiger partial charge in [-0.1, -0.05) is 30.3 Å². The fourth-order valence-electron chi connectivity index (χ4n) is 3.70. The second-order valence-corrected chi connectivity index (χ2v) is 7.25. The summed E-state index contributed by atoms with van der Waals surface area (Å²) in [6, 6.07) is 9.98. The monoisotopic (exact) mass is 408 g/mol. The average Bonchev–Trinajstić information content (AvgIpc) is 3.17. The number of piperazine rings is 1. The first-order chi connectivity index (χ1) is 14.8. The number of carbonyl (C=O) groups is 1. The number of amides is 1. The number of fused-ring (bicyclic) bond motifs is 1. The van der Waals surface area contributed by atoms with E-state index in [1.807, 2.05) is 52.8 Å². The molecule has 1 saturated heterocycles. The first-order valence-electron chi connectivity index (χ1n) is 10.5. The van der Waals surface area contributed by atoms with Crippen LogP contribution in [0.25, 0.3) is 16.9 Å². The molecule has 4 rings (SSSR count). The summed E-state index contributed by atoms with van der Waals surface area (Å²) in [4.78, 5) is 26.0. The summed E-state index contributed by atoms with van der Waals surface area (Å²) in [6.07, 6.45) is 5.30. The van der Waals surface area contributed by atoms with Crippen molar-refractivity contribution in [2.45, 2.75) is 6.92 Å². The fraction of sp³-hybridized carbons (Fsp3) is 0.409. The standard InChI is InChI=1S/C22H28N6O2/c1-2-30-15-14-26-10-12-27(13-11-26)20(29)17-24-22-21(18-6-4-3-5-7-18)25-19-16-23-8-9-28(19)22/h3-9,16,24H,2,10-15,17H2,1H3. The molecule has 158 valence electrons. The van der Waals surface area contributed by atoms with Gasteiger partial charge in [-0.25, -0.2) is 4.98 Å². The van der Waals surface area contributed by atoms with Gasteiger partial charge in [-0.2, -0.15) is 0 Å². The Labute approximate surface area is 176 Å². The van der Waals surface area contributed by atoms with Crippen LogP contribution < -0.4 is 5.32 Å². The molecule has 0 bridgehead atoms. The minimum Gasteiger partial charge on any atom is -0.380 e. The van der Waals surface area contributed by atoms with E-state index in [2.05, 4.69) is 15.2 Å². The number of rotatable bonds is 8. The van der Waals surface area contributed by atoms with Crippen LogP contribution in [0.5, 0.6) is 0 Å². The van der Waals surface area contributed by atoms with Crippen LogP contribution in [-0.4, -0.2) is 82.6 Å². The second kappa shape index (κ2) is 9.69. The lowest BCUT2D eigenvalue weighted by molar-refractivity contribution is -0.131. The quantitative estimate of drug-likeness (QED) is 0.575. The molecule has 1 aromatic carbocycles. The summed E-state index contributed by atoms with van der Waals surface area (Å²) < 4.78 is 7.37. The number of imidazole rings is 1. The van der Waals surface area contributed by atoms with Crippen LogP contribution >= 0.6 is 0 Å². The number of anilines is 1. The zero-order valence-corrected chi connectivity index (χ0v) is 17.3. The predicted octanol–water partition coefficient (Wildman–Crippen LogP) is 1.99. The highest BCUT2D eigenvalue weighted by molar-refractivity contribution is 5.83. The lowest BCUT2D eigenvalue weighted by Crippen LogP contribution is -2.50. The topological polar surface area (TPSA) is 75.0 Å². The number of nitrogens with zero attached hydrogens (tertiary/aromatic N) is 5. The smallest absolute Gasteiger partial charge is 0.242 e. The number of ether oxygens (including phenoxy) is 1. The Hall–Kier alpha value is -2.97. The van der Waals surface area contributed by atoms with Crippen molar-refractivity contribution in [1.29, 1.82) is 0 Å². The molecule has 0 atom stereocenters. The van der Waals surface area contributed by atoms with E-state index in [9.17, 15) is 4.79 Å². The molecule has 0 saturated carbocycles. The van der Waals surface area contributed by atoms with Crippen LogP contribution in [0, 0.1) is 0 Å². The molecule has 1 amide bonds. The SMILES string of the molecule is CCOCCN1CCN(C(=O)CNc2c(-c3ccccc3)nc3cnccn23)CC1. The van der Waals surface area contributed by atoms with Crippen LogP contribution in [-0.2, 0) is 9.53 Å². The number of carbonyl (C=O) groups excluding carboxylic acids is 1. The van der Waals surface area contributed by atoms with E-state index in [1.54, 1.807) is 12.4 Å². The molecule has 0 radical (unpaired) electrons. The molecular formula is C22H28N6O2. The highest BCUT2D eigenvalue weighted by atomic mass is 16.5. The van der Waals surface area contributed by atoms with E-state index >= 15 is 0 Å². The van der Waals surface area contributed by atoms with Gasteiger partial charge < -0.3 is 15.0 Å². The zero-order chi connectivity index (χ0) is 20.8. The molecule has 0 spiro atoms. The molecule has 0 aliphatic carbocycles. The van der Waals surface area contributed by atoms with Crippen LogP contribution in [0.15, 0.2) is 48.9 Å². The molecule has 1 aliphatic rings. The van der Waals surface area contributed by atoms with E-state index in [1.165, 1.54) is 0 Å². The normalized spacial score (nSPS) is 14.9. The average molecular weight is 409 g/mol. The van der Waals surface area contributed by atoms with Crippen molar-refractivity contribution in [3.05, 3.63) is 48.9 Å². The lowest BCUT2D eigenvalue weighted by atomic mass is 10.1. The van der Waals surface area contributed by atoms with Gasteiger partial charge in [0.1, 0.15) is 11.5 Å². The number of benzene rings is 1. The van der Waals surface area contributed by atoms with Crippen molar-refractivity contribution in [3.8, 4) is 11.3 Å². The third-order valence-corrected chi connectivity index (χ3v) is 5.37. The molecule has 2 aromatic heterocycles. The molecule has 8 nitrogen and oxygen atoms in total. The number of nitrogens with one attached hydrogen (secondary N) is 1. The summed E-state index contributed by atoms with van der Waals surface area (Å²) >= 11 is 0. The maximum Gasteiger partial charge on any atom is 0.242 e. The van der Waals surface area contributed by atoms with Crippen LogP contribution in [0.4, 0.5) is 5.82 Å². The Morgan fingerprint density at radius 2 is 1.97 bits per heavy atom. The van der Waals surface area contributed by atoms with Gasteiger partial charge in [-0.15, -0.1) is 0 Å². The lowest BCUT2D eigenvalue weighted by Gasteiger charge is -2.34. The van der Waals surface area contributed by atoms with Crippen molar-refractivity contribution in [2.75, 3.05) is 57.8 Å². The van der Waals surface area contributed by atoms with Gasteiger partial charge in [0.2, 0.25) is 5.91 Å². The predicted molar refractivity (Wildman–Crippen MR) is 116 cm³/mol. The number of hydrogen-bond donors (Lipinski definition) is 1. The summed E-state index contributed by atoms with van der Waals surface area (Å²) in [7, 11) is 0. The summed E-state index contributed by atoms with van der Waals surface area (Å²) in [5, 5.41) is 3.33. The Morgan fingerprint density at radius 1 is 1.17 bits per heavy atom. The zero-order valence-electron chi connectivity index (χ0n) is 17.3. The van der Waals surface area contributed by atoms with E-state index in [-0.39, 0.29) is 12.5 Å². The molecule has 3 aromatic rings. The molecule has 3 heterocycles. The highest BCUT2D eigenvalue weighted by Gasteiger charge is 2.22. The Bertz CT molecular complexity index is 966. The fourth-order valence-corrected chi connectivity index (χ4v) is 3.70. The van der Waals surface area contributed by atoms with E-state index in [0.29, 0.717) is 0 Å². The molecule has 8 heteroatoms. The van der Waals surface area contributed by atoms with E-state index < -0.39 is 0 Å². The third-order valence-electron chi connectivity index (χ3n) is 5.37. The van der Waals surface area contributed by atoms with Gasteiger partial charge in [-0.3, -0.25) is 19.1 Å². The molecule has 1 fully saturated rings. The first kappa shape index (κ1) is 20.3. The van der Waals surface area contributed by atoms with Crippen molar-refractivity contribution < 1.29 is 9.53 Å². The first-order valence-corrected chi connectivity index (χ1v) is 10.5. The number of aromatic nitrogens is 3. The largest absolute Gasteiger partial charge is 0.380 e. The Morgan fingerprint density at radius 3 is 2.73 bits per heavy atom. The molecule has 1 N–H and O–H groups in total. The molecule has 1 aliphatic heterocycles. The molecule has 0 unspecified atom stereocenters. The van der Waals surface area contributed by atoms with Crippen molar-refractivity contribution in [2.24, 2.45) is 0 Å². The van der Waals surface area contributed by atoms with Gasteiger partial charge in [0.25, 0.3) is 0 Å². The van der Waals surface area contributed by atoms with E-state index in [0.717, 1.165) is 68.7 Å².